The number of pyridine rings is 1. The number of carbonyl (C=O) groups is 1. The Morgan fingerprint density at radius 3 is 2.36 bits per heavy atom. The van der Waals surface area contributed by atoms with Gasteiger partial charge < -0.3 is 16.0 Å². The SMILES string of the molecule is O=C(Nc1ccncc1)Nc1ccc(NCc2ccccc2)c(Cl)c1. The van der Waals surface area contributed by atoms with Gasteiger partial charge in [-0.25, -0.2) is 4.79 Å². The van der Waals surface area contributed by atoms with Crippen LogP contribution in [-0.4, -0.2) is 11.0 Å². The summed E-state index contributed by atoms with van der Waals surface area (Å²) in [7, 11) is 0. The molecule has 0 aliphatic heterocycles. The largest absolute Gasteiger partial charge is 0.380 e. The second kappa shape index (κ2) is 8.17. The molecule has 0 atom stereocenters. The number of nitrogens with zero attached hydrogens (tertiary/aromatic N) is 1. The zero-order valence-corrected chi connectivity index (χ0v) is 14.1. The maximum absolute atomic E-state index is 12.0. The fourth-order valence-corrected chi connectivity index (χ4v) is 2.51. The zero-order chi connectivity index (χ0) is 17.5. The highest BCUT2D eigenvalue weighted by atomic mass is 35.5. The summed E-state index contributed by atoms with van der Waals surface area (Å²) in [6.45, 7) is 0.676. The number of amides is 2. The summed E-state index contributed by atoms with van der Waals surface area (Å²) in [4.78, 5) is 15.9. The van der Waals surface area contributed by atoms with Gasteiger partial charge in [0, 0.05) is 30.3 Å². The van der Waals surface area contributed by atoms with E-state index >= 15 is 0 Å². The van der Waals surface area contributed by atoms with Gasteiger partial charge in [0.05, 0.1) is 10.7 Å². The lowest BCUT2D eigenvalue weighted by molar-refractivity contribution is 0.262. The van der Waals surface area contributed by atoms with Crippen molar-refractivity contribution in [2.45, 2.75) is 6.54 Å². The minimum absolute atomic E-state index is 0.340. The van der Waals surface area contributed by atoms with E-state index in [1.165, 1.54) is 0 Å². The molecule has 0 bridgehead atoms. The van der Waals surface area contributed by atoms with Crippen molar-refractivity contribution in [3.05, 3.63) is 83.6 Å². The van der Waals surface area contributed by atoms with Gasteiger partial charge in [-0.2, -0.15) is 0 Å². The van der Waals surface area contributed by atoms with Crippen LogP contribution in [0.2, 0.25) is 5.02 Å². The maximum atomic E-state index is 12.0. The van der Waals surface area contributed by atoms with E-state index in [1.807, 2.05) is 36.4 Å². The van der Waals surface area contributed by atoms with E-state index in [1.54, 1.807) is 36.7 Å². The summed E-state index contributed by atoms with van der Waals surface area (Å²) < 4.78 is 0. The maximum Gasteiger partial charge on any atom is 0.323 e. The van der Waals surface area contributed by atoms with E-state index in [9.17, 15) is 4.79 Å². The molecule has 0 spiro atoms. The Balaban J connectivity index is 1.58. The Morgan fingerprint density at radius 1 is 0.920 bits per heavy atom. The van der Waals surface area contributed by atoms with Crippen LogP contribution < -0.4 is 16.0 Å². The third kappa shape index (κ3) is 4.96. The number of rotatable bonds is 5. The normalized spacial score (nSPS) is 10.1. The summed E-state index contributed by atoms with van der Waals surface area (Å²) in [5.74, 6) is 0. The van der Waals surface area contributed by atoms with Crippen molar-refractivity contribution >= 4 is 34.7 Å². The first-order chi connectivity index (χ1) is 12.2. The Labute approximate surface area is 151 Å². The monoisotopic (exact) mass is 352 g/mol. The first kappa shape index (κ1) is 16.8. The van der Waals surface area contributed by atoms with Crippen LogP contribution in [0.4, 0.5) is 21.9 Å². The predicted molar refractivity (Wildman–Crippen MR) is 102 cm³/mol. The number of carbonyl (C=O) groups excluding carboxylic acids is 1. The zero-order valence-electron chi connectivity index (χ0n) is 13.4. The van der Waals surface area contributed by atoms with Gasteiger partial charge in [-0.15, -0.1) is 0 Å². The third-order valence-electron chi connectivity index (χ3n) is 3.49. The van der Waals surface area contributed by atoms with Crippen molar-refractivity contribution in [1.29, 1.82) is 0 Å². The summed E-state index contributed by atoms with van der Waals surface area (Å²) in [6, 6.07) is 18.5. The van der Waals surface area contributed by atoms with Gasteiger partial charge in [0.25, 0.3) is 0 Å². The van der Waals surface area contributed by atoms with Crippen molar-refractivity contribution in [2.24, 2.45) is 0 Å². The number of urea groups is 1. The lowest BCUT2D eigenvalue weighted by Crippen LogP contribution is -2.19. The second-order valence-electron chi connectivity index (χ2n) is 5.35. The molecular formula is C19H17ClN4O. The molecule has 25 heavy (non-hydrogen) atoms. The lowest BCUT2D eigenvalue weighted by atomic mass is 10.2. The molecule has 3 N–H and O–H groups in total. The van der Waals surface area contributed by atoms with E-state index in [-0.39, 0.29) is 6.03 Å². The van der Waals surface area contributed by atoms with Gasteiger partial charge in [-0.05, 0) is 35.9 Å². The molecule has 3 rings (SSSR count). The van der Waals surface area contributed by atoms with Crippen LogP contribution in [-0.2, 0) is 6.54 Å². The first-order valence-electron chi connectivity index (χ1n) is 7.76. The topological polar surface area (TPSA) is 66.0 Å². The van der Waals surface area contributed by atoms with E-state index < -0.39 is 0 Å². The molecule has 2 amide bonds. The molecule has 0 aliphatic rings. The van der Waals surface area contributed by atoms with Crippen LogP contribution in [0.15, 0.2) is 73.1 Å². The van der Waals surface area contributed by atoms with Crippen molar-refractivity contribution in [2.75, 3.05) is 16.0 Å². The van der Waals surface area contributed by atoms with Crippen LogP contribution in [0.3, 0.4) is 0 Å². The second-order valence-corrected chi connectivity index (χ2v) is 5.76. The smallest absolute Gasteiger partial charge is 0.323 e. The number of benzene rings is 2. The molecule has 5 nitrogen and oxygen atoms in total. The van der Waals surface area contributed by atoms with Gasteiger partial charge in [0.15, 0.2) is 0 Å². The Hall–Kier alpha value is -3.05. The van der Waals surface area contributed by atoms with Gasteiger partial charge >= 0.3 is 6.03 Å². The Kier molecular flexibility index (Phi) is 5.49. The lowest BCUT2D eigenvalue weighted by Gasteiger charge is -2.11. The van der Waals surface area contributed by atoms with Crippen LogP contribution in [0.1, 0.15) is 5.56 Å². The first-order valence-corrected chi connectivity index (χ1v) is 8.14. The molecule has 2 aromatic carbocycles. The summed E-state index contributed by atoms with van der Waals surface area (Å²) >= 11 is 6.30. The molecule has 126 valence electrons. The molecule has 0 unspecified atom stereocenters. The number of anilines is 3. The van der Waals surface area contributed by atoms with Crippen LogP contribution in [0.5, 0.6) is 0 Å². The molecule has 0 aliphatic carbocycles. The predicted octanol–water partition coefficient (Wildman–Crippen LogP) is 4.99. The molecule has 3 aromatic rings. The van der Waals surface area contributed by atoms with Gasteiger partial charge in [0.2, 0.25) is 0 Å². The highest BCUT2D eigenvalue weighted by Crippen LogP contribution is 2.26. The van der Waals surface area contributed by atoms with E-state index in [4.69, 9.17) is 11.6 Å². The number of nitrogens with one attached hydrogen (secondary N) is 3. The Bertz CT molecular complexity index is 841. The van der Waals surface area contributed by atoms with Crippen molar-refractivity contribution < 1.29 is 4.79 Å². The van der Waals surface area contributed by atoms with E-state index in [0.29, 0.717) is 22.9 Å². The standard InChI is InChI=1S/C19H17ClN4O/c20-17-12-16(24-19(25)23-15-8-10-21-11-9-15)6-7-18(17)22-13-14-4-2-1-3-5-14/h1-12,22H,13H2,(H2,21,23,24,25). The average molecular weight is 353 g/mol. The van der Waals surface area contributed by atoms with E-state index in [0.717, 1.165) is 11.3 Å². The highest BCUT2D eigenvalue weighted by Gasteiger charge is 2.06. The molecule has 0 radical (unpaired) electrons. The third-order valence-corrected chi connectivity index (χ3v) is 3.80. The number of hydrogen-bond acceptors (Lipinski definition) is 3. The molecular weight excluding hydrogens is 336 g/mol. The summed E-state index contributed by atoms with van der Waals surface area (Å²) in [6.07, 6.45) is 3.22. The number of hydrogen-bond donors (Lipinski definition) is 3. The highest BCUT2D eigenvalue weighted by molar-refractivity contribution is 6.33. The van der Waals surface area contributed by atoms with Gasteiger partial charge in [0.1, 0.15) is 0 Å². The minimum atomic E-state index is -0.340. The summed E-state index contributed by atoms with van der Waals surface area (Å²) in [5.41, 5.74) is 3.25. The summed E-state index contributed by atoms with van der Waals surface area (Å²) in [5, 5.41) is 9.29. The fourth-order valence-electron chi connectivity index (χ4n) is 2.26. The molecule has 6 heteroatoms. The molecule has 1 aromatic heterocycles. The molecule has 1 heterocycles. The van der Waals surface area contributed by atoms with Crippen molar-refractivity contribution in [1.82, 2.24) is 4.98 Å². The fraction of sp³-hybridized carbons (Fsp3) is 0.0526. The average Bonchev–Trinajstić information content (AvgIpc) is 2.63. The minimum Gasteiger partial charge on any atom is -0.380 e. The molecule has 0 saturated heterocycles. The van der Waals surface area contributed by atoms with Gasteiger partial charge in [-0.1, -0.05) is 41.9 Å². The molecule has 0 fully saturated rings. The van der Waals surface area contributed by atoms with Crippen LogP contribution in [0.25, 0.3) is 0 Å². The van der Waals surface area contributed by atoms with Gasteiger partial charge in [-0.3, -0.25) is 4.98 Å². The van der Waals surface area contributed by atoms with Crippen molar-refractivity contribution in [3.8, 4) is 0 Å². The number of halogens is 1. The number of aromatic nitrogens is 1. The van der Waals surface area contributed by atoms with Crippen LogP contribution >= 0.6 is 11.6 Å². The van der Waals surface area contributed by atoms with Crippen molar-refractivity contribution in [3.63, 3.8) is 0 Å². The van der Waals surface area contributed by atoms with Crippen LogP contribution in [0, 0.1) is 0 Å². The molecule has 0 saturated carbocycles. The Morgan fingerprint density at radius 2 is 1.64 bits per heavy atom. The van der Waals surface area contributed by atoms with E-state index in [2.05, 4.69) is 20.9 Å². The quantitative estimate of drug-likeness (QED) is 0.606.